The van der Waals surface area contributed by atoms with Crippen molar-refractivity contribution in [3.05, 3.63) is 55.0 Å². The molecule has 6 nitrogen and oxygen atoms in total. The van der Waals surface area contributed by atoms with Crippen LogP contribution in [0.3, 0.4) is 0 Å². The van der Waals surface area contributed by atoms with Crippen molar-refractivity contribution in [2.45, 2.75) is 6.42 Å². The fourth-order valence-electron chi connectivity index (χ4n) is 3.47. The second-order valence-electron chi connectivity index (χ2n) is 6.96. The highest BCUT2D eigenvalue weighted by atomic mass is 16.5. The molecule has 1 fully saturated rings. The first-order chi connectivity index (χ1) is 13.1. The predicted octanol–water partition coefficient (Wildman–Crippen LogP) is 3.34. The van der Waals surface area contributed by atoms with E-state index in [1.54, 1.807) is 23.5 Å². The van der Waals surface area contributed by atoms with Crippen LogP contribution in [0.15, 0.2) is 55.0 Å². The van der Waals surface area contributed by atoms with Crippen molar-refractivity contribution >= 4 is 22.5 Å². The number of benzene rings is 1. The van der Waals surface area contributed by atoms with Gasteiger partial charge in [0.25, 0.3) is 0 Å². The molecule has 6 heteroatoms. The van der Waals surface area contributed by atoms with E-state index in [4.69, 9.17) is 4.74 Å². The van der Waals surface area contributed by atoms with E-state index in [1.165, 1.54) is 0 Å². The van der Waals surface area contributed by atoms with Gasteiger partial charge in [-0.2, -0.15) is 0 Å². The van der Waals surface area contributed by atoms with Crippen LogP contribution >= 0.6 is 0 Å². The lowest BCUT2D eigenvalue weighted by molar-refractivity contribution is -0.132. The van der Waals surface area contributed by atoms with Crippen molar-refractivity contribution < 1.29 is 9.53 Å². The molecule has 1 saturated heterocycles. The lowest BCUT2D eigenvalue weighted by atomic mass is 10.1. The number of amides is 1. The minimum atomic E-state index is 0.0756. The second kappa shape index (κ2) is 7.23. The predicted molar refractivity (Wildman–Crippen MR) is 105 cm³/mol. The van der Waals surface area contributed by atoms with Crippen molar-refractivity contribution in [1.29, 1.82) is 0 Å². The van der Waals surface area contributed by atoms with Crippen molar-refractivity contribution in [3.8, 4) is 11.5 Å². The number of pyridine rings is 2. The fourth-order valence-corrected chi connectivity index (χ4v) is 3.47. The van der Waals surface area contributed by atoms with Crippen molar-refractivity contribution in [2.75, 3.05) is 32.1 Å². The molecule has 0 aliphatic carbocycles. The summed E-state index contributed by atoms with van der Waals surface area (Å²) in [7, 11) is 3.63. The van der Waals surface area contributed by atoms with Crippen LogP contribution in [-0.2, 0) is 4.79 Å². The zero-order valence-electron chi connectivity index (χ0n) is 15.5. The molecule has 0 unspecified atom stereocenters. The third-order valence-electron chi connectivity index (χ3n) is 4.91. The van der Waals surface area contributed by atoms with Gasteiger partial charge >= 0.3 is 0 Å². The average Bonchev–Trinajstić information content (AvgIpc) is 3.18. The van der Waals surface area contributed by atoms with E-state index >= 15 is 0 Å². The summed E-state index contributed by atoms with van der Waals surface area (Å²) >= 11 is 0. The van der Waals surface area contributed by atoms with Crippen LogP contribution in [-0.4, -0.2) is 48.0 Å². The standard InChI is InChI=1S/C21H22N4O2/c1-24(2)21(26)15-9-12-25(14-15)16-3-5-17(6-4-16)27-20-8-11-23-19-7-10-22-13-18(19)20/h3-8,10-11,13,15H,9,12,14H2,1-2H3/t15-/m0/s1. The van der Waals surface area contributed by atoms with Crippen LogP contribution in [0.4, 0.5) is 5.69 Å². The van der Waals surface area contributed by atoms with Crippen LogP contribution in [0.1, 0.15) is 6.42 Å². The summed E-state index contributed by atoms with van der Waals surface area (Å²) in [6.07, 6.45) is 6.11. The minimum Gasteiger partial charge on any atom is -0.457 e. The first-order valence-corrected chi connectivity index (χ1v) is 9.04. The summed E-state index contributed by atoms with van der Waals surface area (Å²) < 4.78 is 6.04. The second-order valence-corrected chi connectivity index (χ2v) is 6.96. The van der Waals surface area contributed by atoms with Gasteiger partial charge < -0.3 is 14.5 Å². The molecule has 0 N–H and O–H groups in total. The Morgan fingerprint density at radius 1 is 1.15 bits per heavy atom. The smallest absolute Gasteiger partial charge is 0.227 e. The molecule has 4 rings (SSSR count). The molecule has 0 spiro atoms. The molecule has 27 heavy (non-hydrogen) atoms. The molecule has 1 aliphatic rings. The van der Waals surface area contributed by atoms with Crippen LogP contribution in [0.2, 0.25) is 0 Å². The first-order valence-electron chi connectivity index (χ1n) is 9.04. The number of ether oxygens (including phenoxy) is 1. The van der Waals surface area contributed by atoms with Crippen LogP contribution < -0.4 is 9.64 Å². The van der Waals surface area contributed by atoms with Crippen molar-refractivity contribution in [2.24, 2.45) is 5.92 Å². The monoisotopic (exact) mass is 362 g/mol. The Bertz CT molecular complexity index is 951. The highest BCUT2D eigenvalue weighted by Crippen LogP contribution is 2.31. The number of rotatable bonds is 4. The number of carbonyl (C=O) groups is 1. The summed E-state index contributed by atoms with van der Waals surface area (Å²) in [6, 6.07) is 11.7. The largest absolute Gasteiger partial charge is 0.457 e. The fraction of sp³-hybridized carbons (Fsp3) is 0.286. The number of nitrogens with zero attached hydrogens (tertiary/aromatic N) is 4. The quantitative estimate of drug-likeness (QED) is 0.712. The summed E-state index contributed by atoms with van der Waals surface area (Å²) in [5.41, 5.74) is 1.96. The van der Waals surface area contributed by atoms with Gasteiger partial charge in [-0.05, 0) is 42.8 Å². The van der Waals surface area contributed by atoms with Gasteiger partial charge in [-0.25, -0.2) is 0 Å². The molecule has 0 bridgehead atoms. The Labute approximate surface area is 158 Å². The van der Waals surface area contributed by atoms with E-state index in [1.807, 2.05) is 50.5 Å². The van der Waals surface area contributed by atoms with E-state index < -0.39 is 0 Å². The maximum absolute atomic E-state index is 12.2. The number of hydrogen-bond donors (Lipinski definition) is 0. The summed E-state index contributed by atoms with van der Waals surface area (Å²) in [5, 5.41) is 0.883. The Balaban J connectivity index is 1.47. The van der Waals surface area contributed by atoms with Crippen molar-refractivity contribution in [3.63, 3.8) is 0 Å². The number of hydrogen-bond acceptors (Lipinski definition) is 5. The number of carbonyl (C=O) groups excluding carboxylic acids is 1. The third-order valence-corrected chi connectivity index (χ3v) is 4.91. The Morgan fingerprint density at radius 2 is 1.96 bits per heavy atom. The molecular formula is C21H22N4O2. The van der Waals surface area contributed by atoms with Crippen LogP contribution in [0.25, 0.3) is 10.9 Å². The molecule has 1 atom stereocenters. The van der Waals surface area contributed by atoms with E-state index in [9.17, 15) is 4.79 Å². The molecule has 138 valence electrons. The van der Waals surface area contributed by atoms with Gasteiger partial charge in [-0.15, -0.1) is 0 Å². The third kappa shape index (κ3) is 3.56. The van der Waals surface area contributed by atoms with Crippen LogP contribution in [0, 0.1) is 5.92 Å². The van der Waals surface area contributed by atoms with Crippen LogP contribution in [0.5, 0.6) is 11.5 Å². The lowest BCUT2D eigenvalue weighted by Crippen LogP contribution is -2.31. The highest BCUT2D eigenvalue weighted by molar-refractivity contribution is 5.84. The Hall–Kier alpha value is -3.15. The normalized spacial score (nSPS) is 16.5. The van der Waals surface area contributed by atoms with E-state index in [0.717, 1.165) is 47.6 Å². The van der Waals surface area contributed by atoms with Crippen molar-refractivity contribution in [1.82, 2.24) is 14.9 Å². The Kier molecular flexibility index (Phi) is 4.62. The van der Waals surface area contributed by atoms with Gasteiger partial charge in [-0.3, -0.25) is 14.8 Å². The maximum Gasteiger partial charge on any atom is 0.227 e. The molecule has 2 aromatic heterocycles. The number of anilines is 1. The van der Waals surface area contributed by atoms with Gasteiger partial charge in [0.2, 0.25) is 5.91 Å². The molecule has 3 heterocycles. The zero-order chi connectivity index (χ0) is 18.8. The van der Waals surface area contributed by atoms with Gasteiger partial charge in [-0.1, -0.05) is 0 Å². The van der Waals surface area contributed by atoms with Gasteiger partial charge in [0.05, 0.1) is 16.8 Å². The molecule has 3 aromatic rings. The number of fused-ring (bicyclic) bond motifs is 1. The average molecular weight is 362 g/mol. The summed E-state index contributed by atoms with van der Waals surface area (Å²) in [6.45, 7) is 1.66. The molecule has 0 saturated carbocycles. The van der Waals surface area contributed by atoms with E-state index in [-0.39, 0.29) is 11.8 Å². The number of aromatic nitrogens is 2. The first kappa shape index (κ1) is 17.3. The van der Waals surface area contributed by atoms with Gasteiger partial charge in [0.1, 0.15) is 11.5 Å². The summed E-state index contributed by atoms with van der Waals surface area (Å²) in [5.74, 6) is 1.77. The lowest BCUT2D eigenvalue weighted by Gasteiger charge is -2.20. The van der Waals surface area contributed by atoms with Gasteiger partial charge in [0.15, 0.2) is 0 Å². The highest BCUT2D eigenvalue weighted by Gasteiger charge is 2.29. The molecule has 1 aliphatic heterocycles. The Morgan fingerprint density at radius 3 is 2.74 bits per heavy atom. The van der Waals surface area contributed by atoms with E-state index in [2.05, 4.69) is 14.9 Å². The SMILES string of the molecule is CN(C)C(=O)[C@H]1CCN(c2ccc(Oc3ccnc4ccncc34)cc2)C1. The van der Waals surface area contributed by atoms with Gasteiger partial charge in [0, 0.05) is 51.5 Å². The molecule has 0 radical (unpaired) electrons. The minimum absolute atomic E-state index is 0.0756. The zero-order valence-corrected chi connectivity index (χ0v) is 15.5. The maximum atomic E-state index is 12.2. The molecular weight excluding hydrogens is 340 g/mol. The van der Waals surface area contributed by atoms with E-state index in [0.29, 0.717) is 0 Å². The summed E-state index contributed by atoms with van der Waals surface area (Å²) in [4.78, 5) is 24.6. The molecule has 1 amide bonds. The topological polar surface area (TPSA) is 58.6 Å². The molecule has 1 aromatic carbocycles.